The average Bonchev–Trinajstić information content (AvgIpc) is 3.42. The van der Waals surface area contributed by atoms with Gasteiger partial charge in [-0.15, -0.1) is 11.8 Å². The molecular formula is C31H35ClN2O2S. The van der Waals surface area contributed by atoms with Crippen molar-refractivity contribution in [1.82, 2.24) is 10.2 Å². The minimum atomic E-state index is -0.615. The van der Waals surface area contributed by atoms with Crippen molar-refractivity contribution >= 4 is 35.2 Å². The molecule has 3 aromatic carbocycles. The molecular weight excluding hydrogens is 500 g/mol. The van der Waals surface area contributed by atoms with Crippen LogP contribution >= 0.6 is 23.4 Å². The number of aryl methyl sites for hydroxylation is 1. The van der Waals surface area contributed by atoms with E-state index in [0.29, 0.717) is 30.2 Å². The second kappa shape index (κ2) is 13.7. The molecule has 4 rings (SSSR count). The topological polar surface area (TPSA) is 49.4 Å². The van der Waals surface area contributed by atoms with Crippen molar-refractivity contribution in [1.29, 1.82) is 0 Å². The van der Waals surface area contributed by atoms with Crippen molar-refractivity contribution in [2.45, 2.75) is 69.0 Å². The standard InChI is InChI=1S/C31H35ClN2O2S/c1-23-15-17-27(18-16-23)37-20-19-30(35)34(22-25-11-5-8-14-28(25)32)29(21-24-9-3-2-4-10-24)31(36)33-26-12-6-7-13-26/h2-5,8-11,14-18,26,29H,6-7,12-13,19-22H2,1H3,(H,33,36)/t29-/m0/s1. The molecule has 0 aromatic heterocycles. The molecule has 1 N–H and O–H groups in total. The van der Waals surface area contributed by atoms with E-state index in [1.54, 1.807) is 16.7 Å². The molecule has 1 fully saturated rings. The van der Waals surface area contributed by atoms with E-state index in [4.69, 9.17) is 11.6 Å². The predicted molar refractivity (Wildman–Crippen MR) is 153 cm³/mol. The Morgan fingerprint density at radius 2 is 1.65 bits per heavy atom. The number of thioether (sulfide) groups is 1. The van der Waals surface area contributed by atoms with Crippen LogP contribution in [0.5, 0.6) is 0 Å². The Balaban J connectivity index is 1.56. The Labute approximate surface area is 229 Å². The van der Waals surface area contributed by atoms with Crippen LogP contribution in [0, 0.1) is 6.92 Å². The van der Waals surface area contributed by atoms with Gasteiger partial charge in [0.05, 0.1) is 0 Å². The minimum Gasteiger partial charge on any atom is -0.352 e. The van der Waals surface area contributed by atoms with E-state index in [1.165, 1.54) is 5.56 Å². The molecule has 1 aliphatic rings. The third kappa shape index (κ3) is 8.11. The molecule has 0 radical (unpaired) electrons. The summed E-state index contributed by atoms with van der Waals surface area (Å²) in [6.45, 7) is 2.36. The summed E-state index contributed by atoms with van der Waals surface area (Å²) in [6, 6.07) is 25.4. The predicted octanol–water partition coefficient (Wildman–Crippen LogP) is 6.83. The minimum absolute atomic E-state index is 0.0398. The Morgan fingerprint density at radius 3 is 2.35 bits per heavy atom. The number of carbonyl (C=O) groups is 2. The fourth-order valence-electron chi connectivity index (χ4n) is 4.77. The van der Waals surface area contributed by atoms with Gasteiger partial charge in [-0.1, -0.05) is 90.7 Å². The molecule has 1 aliphatic carbocycles. The number of carbonyl (C=O) groups excluding carboxylic acids is 2. The summed E-state index contributed by atoms with van der Waals surface area (Å²) < 4.78 is 0. The highest BCUT2D eigenvalue weighted by atomic mass is 35.5. The SMILES string of the molecule is Cc1ccc(SCCC(=O)N(Cc2ccccc2Cl)[C@@H](Cc2ccccc2)C(=O)NC2CCCC2)cc1. The maximum Gasteiger partial charge on any atom is 0.243 e. The largest absolute Gasteiger partial charge is 0.352 e. The molecule has 0 aliphatic heterocycles. The van der Waals surface area contributed by atoms with E-state index in [-0.39, 0.29) is 17.9 Å². The van der Waals surface area contributed by atoms with Gasteiger partial charge < -0.3 is 10.2 Å². The summed E-state index contributed by atoms with van der Waals surface area (Å²) in [5, 5.41) is 3.85. The lowest BCUT2D eigenvalue weighted by atomic mass is 10.0. The van der Waals surface area contributed by atoms with E-state index in [9.17, 15) is 9.59 Å². The number of nitrogens with zero attached hydrogens (tertiary/aromatic N) is 1. The van der Waals surface area contributed by atoms with Crippen molar-refractivity contribution in [3.05, 3.63) is 101 Å². The number of nitrogens with one attached hydrogen (secondary N) is 1. The van der Waals surface area contributed by atoms with Crippen LogP contribution in [0.2, 0.25) is 5.02 Å². The molecule has 0 saturated heterocycles. The van der Waals surface area contributed by atoms with Crippen LogP contribution in [0.25, 0.3) is 0 Å². The lowest BCUT2D eigenvalue weighted by Crippen LogP contribution is -2.52. The highest BCUT2D eigenvalue weighted by Crippen LogP contribution is 2.24. The molecule has 2 amide bonds. The van der Waals surface area contributed by atoms with Gasteiger partial charge in [-0.2, -0.15) is 0 Å². The van der Waals surface area contributed by atoms with E-state index in [2.05, 4.69) is 36.5 Å². The van der Waals surface area contributed by atoms with Crippen molar-refractivity contribution in [2.24, 2.45) is 0 Å². The van der Waals surface area contributed by atoms with Crippen molar-refractivity contribution in [3.63, 3.8) is 0 Å². The van der Waals surface area contributed by atoms with Gasteiger partial charge in [0, 0.05) is 41.1 Å². The Hall–Kier alpha value is -2.76. The summed E-state index contributed by atoms with van der Waals surface area (Å²) in [4.78, 5) is 30.4. The van der Waals surface area contributed by atoms with Crippen molar-refractivity contribution in [2.75, 3.05) is 5.75 Å². The fraction of sp³-hybridized carbons (Fsp3) is 0.355. The van der Waals surface area contributed by atoms with Gasteiger partial charge in [-0.3, -0.25) is 9.59 Å². The van der Waals surface area contributed by atoms with Gasteiger partial charge in [0.25, 0.3) is 0 Å². The van der Waals surface area contributed by atoms with Crippen LogP contribution in [-0.4, -0.2) is 34.6 Å². The lowest BCUT2D eigenvalue weighted by molar-refractivity contribution is -0.141. The van der Waals surface area contributed by atoms with Crippen LogP contribution in [0.1, 0.15) is 48.8 Å². The van der Waals surface area contributed by atoms with Crippen molar-refractivity contribution < 1.29 is 9.59 Å². The van der Waals surface area contributed by atoms with E-state index >= 15 is 0 Å². The first-order valence-electron chi connectivity index (χ1n) is 13.1. The monoisotopic (exact) mass is 534 g/mol. The molecule has 1 saturated carbocycles. The Kier molecular flexibility index (Phi) is 10.1. The zero-order valence-electron chi connectivity index (χ0n) is 21.4. The van der Waals surface area contributed by atoms with Gasteiger partial charge in [0.1, 0.15) is 6.04 Å². The van der Waals surface area contributed by atoms with E-state index in [0.717, 1.165) is 41.7 Å². The van der Waals surface area contributed by atoms with Crippen LogP contribution in [-0.2, 0) is 22.6 Å². The van der Waals surface area contributed by atoms with E-state index in [1.807, 2.05) is 54.6 Å². The number of hydrogen-bond acceptors (Lipinski definition) is 3. The van der Waals surface area contributed by atoms with Gasteiger partial charge in [0.2, 0.25) is 11.8 Å². The molecule has 0 unspecified atom stereocenters. The van der Waals surface area contributed by atoms with Crippen LogP contribution in [0.4, 0.5) is 0 Å². The van der Waals surface area contributed by atoms with Gasteiger partial charge in [-0.25, -0.2) is 0 Å². The van der Waals surface area contributed by atoms with Gasteiger partial charge in [-0.05, 0) is 49.1 Å². The third-order valence-electron chi connectivity index (χ3n) is 6.88. The zero-order chi connectivity index (χ0) is 26.0. The highest BCUT2D eigenvalue weighted by Gasteiger charge is 2.32. The number of halogens is 1. The molecule has 194 valence electrons. The summed E-state index contributed by atoms with van der Waals surface area (Å²) in [5.74, 6) is 0.521. The summed E-state index contributed by atoms with van der Waals surface area (Å²) >= 11 is 8.17. The normalized spacial score (nSPS) is 14.3. The summed E-state index contributed by atoms with van der Waals surface area (Å²) in [6.07, 6.45) is 5.05. The van der Waals surface area contributed by atoms with Crippen LogP contribution in [0.15, 0.2) is 83.8 Å². The highest BCUT2D eigenvalue weighted by molar-refractivity contribution is 7.99. The maximum absolute atomic E-state index is 13.8. The summed E-state index contributed by atoms with van der Waals surface area (Å²) in [5.41, 5.74) is 3.08. The number of hydrogen-bond donors (Lipinski definition) is 1. The fourth-order valence-corrected chi connectivity index (χ4v) is 5.80. The molecule has 6 heteroatoms. The first-order chi connectivity index (χ1) is 18.0. The molecule has 4 nitrogen and oxygen atoms in total. The van der Waals surface area contributed by atoms with Gasteiger partial charge in [0.15, 0.2) is 0 Å². The Bertz CT molecular complexity index is 1160. The molecule has 3 aromatic rings. The lowest BCUT2D eigenvalue weighted by Gasteiger charge is -2.32. The third-order valence-corrected chi connectivity index (χ3v) is 8.26. The van der Waals surface area contributed by atoms with E-state index < -0.39 is 6.04 Å². The average molecular weight is 535 g/mol. The van der Waals surface area contributed by atoms with Crippen LogP contribution in [0.3, 0.4) is 0 Å². The second-order valence-electron chi connectivity index (χ2n) is 9.72. The first kappa shape index (κ1) is 27.3. The summed E-state index contributed by atoms with van der Waals surface area (Å²) in [7, 11) is 0. The molecule has 1 atom stereocenters. The van der Waals surface area contributed by atoms with Gasteiger partial charge >= 0.3 is 0 Å². The smallest absolute Gasteiger partial charge is 0.243 e. The molecule has 0 bridgehead atoms. The second-order valence-corrected chi connectivity index (χ2v) is 11.3. The first-order valence-corrected chi connectivity index (χ1v) is 14.4. The van der Waals surface area contributed by atoms with Crippen LogP contribution < -0.4 is 5.32 Å². The number of benzene rings is 3. The number of rotatable bonds is 11. The van der Waals surface area contributed by atoms with Crippen molar-refractivity contribution in [3.8, 4) is 0 Å². The maximum atomic E-state index is 13.8. The Morgan fingerprint density at radius 1 is 0.973 bits per heavy atom. The molecule has 0 spiro atoms. The molecule has 0 heterocycles. The molecule has 37 heavy (non-hydrogen) atoms. The zero-order valence-corrected chi connectivity index (χ0v) is 22.9. The number of amides is 2. The quantitative estimate of drug-likeness (QED) is 0.274.